The van der Waals surface area contributed by atoms with Gasteiger partial charge in [-0.15, -0.1) is 0 Å². The molecule has 2 fully saturated rings. The molecule has 1 aliphatic heterocycles. The van der Waals surface area contributed by atoms with E-state index in [-0.39, 0.29) is 11.7 Å². The zero-order valence-electron chi connectivity index (χ0n) is 15.5. The molecule has 0 bridgehead atoms. The van der Waals surface area contributed by atoms with Gasteiger partial charge in [-0.2, -0.15) is 0 Å². The van der Waals surface area contributed by atoms with Crippen molar-refractivity contribution in [3.05, 3.63) is 59.2 Å². The number of hydrogen-bond donors (Lipinski definition) is 0. The molecule has 1 saturated heterocycles. The van der Waals surface area contributed by atoms with Crippen molar-refractivity contribution in [2.75, 3.05) is 26.2 Å². The molecule has 0 spiro atoms. The minimum absolute atomic E-state index is 0.0290. The third kappa shape index (κ3) is 2.79. The number of amides is 1. The number of nitrogens with zero attached hydrogens (tertiary/aromatic N) is 2. The van der Waals surface area contributed by atoms with Crippen molar-refractivity contribution in [3.8, 4) is 11.1 Å². The maximum Gasteiger partial charge on any atom is 0.253 e. The van der Waals surface area contributed by atoms with E-state index in [4.69, 9.17) is 0 Å². The number of rotatable bonds is 2. The molecule has 2 aromatic carbocycles. The molecule has 5 rings (SSSR count). The van der Waals surface area contributed by atoms with Crippen LogP contribution in [-0.2, 0) is 0 Å². The lowest BCUT2D eigenvalue weighted by Gasteiger charge is -2.38. The van der Waals surface area contributed by atoms with E-state index in [9.17, 15) is 9.59 Å². The highest BCUT2D eigenvalue weighted by Gasteiger charge is 2.30. The molecule has 27 heavy (non-hydrogen) atoms. The number of hydrogen-bond acceptors (Lipinski definition) is 3. The van der Waals surface area contributed by atoms with Crippen LogP contribution in [-0.4, -0.2) is 53.7 Å². The van der Waals surface area contributed by atoms with E-state index in [1.54, 1.807) is 6.07 Å². The number of carbonyl (C=O) groups excluding carboxylic acids is 2. The van der Waals surface area contributed by atoms with Gasteiger partial charge in [0.05, 0.1) is 0 Å². The first kappa shape index (κ1) is 16.7. The molecule has 0 N–H and O–H groups in total. The number of fused-ring (bicyclic) bond motifs is 3. The van der Waals surface area contributed by atoms with Crippen LogP contribution in [0, 0.1) is 0 Å². The molecule has 4 heteroatoms. The van der Waals surface area contributed by atoms with E-state index in [0.29, 0.717) is 11.1 Å². The van der Waals surface area contributed by atoms with Crippen molar-refractivity contribution in [1.29, 1.82) is 0 Å². The number of piperazine rings is 1. The van der Waals surface area contributed by atoms with Crippen LogP contribution in [0.1, 0.15) is 52.0 Å². The second-order valence-corrected chi connectivity index (χ2v) is 7.90. The topological polar surface area (TPSA) is 40.6 Å². The fourth-order valence-corrected chi connectivity index (χ4v) is 4.90. The Morgan fingerprint density at radius 2 is 1.48 bits per heavy atom. The Balaban J connectivity index is 1.33. The molecular weight excluding hydrogens is 336 g/mol. The lowest BCUT2D eigenvalue weighted by atomic mass is 10.0. The molecular formula is C23H24N2O2. The largest absolute Gasteiger partial charge is 0.336 e. The van der Waals surface area contributed by atoms with Crippen LogP contribution in [0.15, 0.2) is 42.5 Å². The van der Waals surface area contributed by atoms with Crippen molar-refractivity contribution < 1.29 is 9.59 Å². The van der Waals surface area contributed by atoms with E-state index < -0.39 is 0 Å². The summed E-state index contributed by atoms with van der Waals surface area (Å²) < 4.78 is 0. The minimum atomic E-state index is 0.0290. The Morgan fingerprint density at radius 1 is 0.815 bits per heavy atom. The van der Waals surface area contributed by atoms with E-state index >= 15 is 0 Å². The fraction of sp³-hybridized carbons (Fsp3) is 0.391. The van der Waals surface area contributed by atoms with Crippen LogP contribution in [0.4, 0.5) is 0 Å². The molecule has 0 radical (unpaired) electrons. The van der Waals surface area contributed by atoms with E-state index in [0.717, 1.165) is 48.9 Å². The summed E-state index contributed by atoms with van der Waals surface area (Å²) in [5.41, 5.74) is 3.94. The standard InChI is InChI=1S/C23H24N2O2/c26-22-20-8-4-3-7-18(20)19-10-9-16(15-21(19)22)23(27)25-13-11-24(12-14-25)17-5-1-2-6-17/h3-4,7-10,15,17H,1-2,5-6,11-14H2. The smallest absolute Gasteiger partial charge is 0.253 e. The lowest BCUT2D eigenvalue weighted by Crippen LogP contribution is -2.51. The monoisotopic (exact) mass is 360 g/mol. The van der Waals surface area contributed by atoms with Gasteiger partial charge in [-0.1, -0.05) is 43.2 Å². The zero-order valence-corrected chi connectivity index (χ0v) is 15.5. The summed E-state index contributed by atoms with van der Waals surface area (Å²) in [6.07, 6.45) is 5.30. The third-order valence-electron chi connectivity index (χ3n) is 6.42. The molecule has 3 aliphatic rings. The number of ketones is 1. The Labute approximate surface area is 159 Å². The highest BCUT2D eigenvalue weighted by atomic mass is 16.2. The Morgan fingerprint density at radius 3 is 2.22 bits per heavy atom. The predicted octanol–water partition coefficient (Wildman–Crippen LogP) is 3.60. The van der Waals surface area contributed by atoms with Crippen molar-refractivity contribution in [2.24, 2.45) is 0 Å². The molecule has 2 aliphatic carbocycles. The first-order valence-corrected chi connectivity index (χ1v) is 10.0. The second-order valence-electron chi connectivity index (χ2n) is 7.90. The van der Waals surface area contributed by atoms with Crippen LogP contribution in [0.25, 0.3) is 11.1 Å². The summed E-state index contributed by atoms with van der Waals surface area (Å²) in [5.74, 6) is 0.0777. The molecule has 1 heterocycles. The van der Waals surface area contributed by atoms with Gasteiger partial charge in [-0.3, -0.25) is 14.5 Å². The summed E-state index contributed by atoms with van der Waals surface area (Å²) in [4.78, 5) is 30.2. The highest BCUT2D eigenvalue weighted by Crippen LogP contribution is 2.37. The van der Waals surface area contributed by atoms with Gasteiger partial charge in [-0.25, -0.2) is 0 Å². The van der Waals surface area contributed by atoms with Crippen LogP contribution < -0.4 is 0 Å². The maximum atomic E-state index is 13.0. The average molecular weight is 360 g/mol. The molecule has 0 aromatic heterocycles. The lowest BCUT2D eigenvalue weighted by molar-refractivity contribution is 0.0573. The van der Waals surface area contributed by atoms with Gasteiger partial charge in [0, 0.05) is 48.9 Å². The summed E-state index contributed by atoms with van der Waals surface area (Å²) in [6, 6.07) is 14.0. The van der Waals surface area contributed by atoms with Gasteiger partial charge in [0.2, 0.25) is 0 Å². The summed E-state index contributed by atoms with van der Waals surface area (Å²) in [7, 11) is 0. The van der Waals surface area contributed by atoms with E-state index in [1.807, 2.05) is 41.3 Å². The molecule has 138 valence electrons. The van der Waals surface area contributed by atoms with Gasteiger partial charge < -0.3 is 4.90 Å². The van der Waals surface area contributed by atoms with Crippen molar-refractivity contribution in [1.82, 2.24) is 9.80 Å². The van der Waals surface area contributed by atoms with Crippen LogP contribution in [0.3, 0.4) is 0 Å². The Hall–Kier alpha value is -2.46. The SMILES string of the molecule is O=C1c2ccccc2-c2ccc(C(=O)N3CCN(C4CCCC4)CC3)cc21. The Bertz CT molecular complexity index is 906. The zero-order chi connectivity index (χ0) is 18.4. The van der Waals surface area contributed by atoms with Crippen molar-refractivity contribution >= 4 is 11.7 Å². The molecule has 1 saturated carbocycles. The molecule has 2 aromatic rings. The summed E-state index contributed by atoms with van der Waals surface area (Å²) in [6.45, 7) is 3.48. The normalized spacial score (nSPS) is 20.0. The second kappa shape index (κ2) is 6.61. The van der Waals surface area contributed by atoms with Gasteiger partial charge in [0.15, 0.2) is 5.78 Å². The predicted molar refractivity (Wildman–Crippen MR) is 105 cm³/mol. The van der Waals surface area contributed by atoms with Gasteiger partial charge in [0.1, 0.15) is 0 Å². The Kier molecular flexibility index (Phi) is 4.09. The first-order chi connectivity index (χ1) is 13.2. The van der Waals surface area contributed by atoms with Crippen LogP contribution >= 0.6 is 0 Å². The maximum absolute atomic E-state index is 13.0. The van der Waals surface area contributed by atoms with Gasteiger partial charge in [0.25, 0.3) is 5.91 Å². The molecule has 0 unspecified atom stereocenters. The quantitative estimate of drug-likeness (QED) is 0.701. The molecule has 0 atom stereocenters. The van der Waals surface area contributed by atoms with Gasteiger partial charge >= 0.3 is 0 Å². The number of carbonyl (C=O) groups is 2. The van der Waals surface area contributed by atoms with Crippen molar-refractivity contribution in [3.63, 3.8) is 0 Å². The summed E-state index contributed by atoms with van der Waals surface area (Å²) in [5, 5.41) is 0. The minimum Gasteiger partial charge on any atom is -0.336 e. The summed E-state index contributed by atoms with van der Waals surface area (Å²) >= 11 is 0. The van der Waals surface area contributed by atoms with Gasteiger partial charge in [-0.05, 0) is 36.1 Å². The van der Waals surface area contributed by atoms with Crippen molar-refractivity contribution in [2.45, 2.75) is 31.7 Å². The molecule has 1 amide bonds. The fourth-order valence-electron chi connectivity index (χ4n) is 4.90. The third-order valence-corrected chi connectivity index (χ3v) is 6.42. The molecule has 4 nitrogen and oxygen atoms in total. The van der Waals surface area contributed by atoms with E-state index in [2.05, 4.69) is 4.90 Å². The highest BCUT2D eigenvalue weighted by molar-refractivity contribution is 6.22. The van der Waals surface area contributed by atoms with E-state index in [1.165, 1.54) is 25.7 Å². The van der Waals surface area contributed by atoms with Crippen LogP contribution in [0.2, 0.25) is 0 Å². The first-order valence-electron chi connectivity index (χ1n) is 10.0. The van der Waals surface area contributed by atoms with Crippen LogP contribution in [0.5, 0.6) is 0 Å². The number of benzene rings is 2. The average Bonchev–Trinajstić information content (AvgIpc) is 3.35.